The third kappa shape index (κ3) is 2.83. The maximum Gasteiger partial charge on any atom is 0.0693 e. The highest BCUT2D eigenvalue weighted by Gasteiger charge is 2.20. The van der Waals surface area contributed by atoms with Crippen LogP contribution in [0, 0.1) is 6.92 Å². The van der Waals surface area contributed by atoms with E-state index in [-0.39, 0.29) is 12.1 Å². The van der Waals surface area contributed by atoms with Crippen molar-refractivity contribution in [3.63, 3.8) is 0 Å². The highest BCUT2D eigenvalue weighted by atomic mass is 16.3. The van der Waals surface area contributed by atoms with Gasteiger partial charge in [0, 0.05) is 23.8 Å². The molecule has 0 aliphatic heterocycles. The minimum Gasteiger partial charge on any atom is -0.392 e. The summed E-state index contributed by atoms with van der Waals surface area (Å²) in [5, 5.41) is 20.3. The molecule has 1 aliphatic carbocycles. The number of aliphatic hydroxyl groups is 1. The Bertz CT molecular complexity index is 324. The second kappa shape index (κ2) is 5.46. The third-order valence-corrected chi connectivity index (χ3v) is 3.47. The van der Waals surface area contributed by atoms with Crippen molar-refractivity contribution in [2.24, 2.45) is 0 Å². The van der Waals surface area contributed by atoms with Crippen LogP contribution in [0.4, 0.5) is 0 Å². The Morgan fingerprint density at radius 3 is 3.00 bits per heavy atom. The lowest BCUT2D eigenvalue weighted by molar-refractivity contribution is 0.119. The Kier molecular flexibility index (Phi) is 3.96. The number of aromatic amines is 1. The molecule has 0 spiro atoms. The van der Waals surface area contributed by atoms with Gasteiger partial charge in [0.15, 0.2) is 0 Å². The van der Waals surface area contributed by atoms with Crippen LogP contribution in [-0.2, 0) is 6.54 Å². The first-order chi connectivity index (χ1) is 7.77. The maximum absolute atomic E-state index is 9.96. The van der Waals surface area contributed by atoms with Crippen molar-refractivity contribution < 1.29 is 5.11 Å². The lowest BCUT2D eigenvalue weighted by Crippen LogP contribution is -2.38. The SMILES string of the molecule is Cc1[nH]ncc1CNC1CCCCCC1O. The van der Waals surface area contributed by atoms with E-state index in [4.69, 9.17) is 0 Å². The molecular weight excluding hydrogens is 202 g/mol. The molecule has 1 aromatic rings. The number of aromatic nitrogens is 2. The fourth-order valence-electron chi connectivity index (χ4n) is 2.32. The summed E-state index contributed by atoms with van der Waals surface area (Å²) >= 11 is 0. The Labute approximate surface area is 96.5 Å². The predicted molar refractivity (Wildman–Crippen MR) is 63.0 cm³/mol. The molecule has 2 unspecified atom stereocenters. The van der Waals surface area contributed by atoms with Crippen molar-refractivity contribution in [2.45, 2.75) is 57.7 Å². The van der Waals surface area contributed by atoms with Crippen molar-refractivity contribution >= 4 is 0 Å². The first-order valence-corrected chi connectivity index (χ1v) is 6.17. The first kappa shape index (κ1) is 11.6. The van der Waals surface area contributed by atoms with E-state index < -0.39 is 0 Å². The molecule has 1 aromatic heterocycles. The molecule has 0 amide bonds. The van der Waals surface area contributed by atoms with E-state index >= 15 is 0 Å². The lowest BCUT2D eigenvalue weighted by atomic mass is 10.1. The first-order valence-electron chi connectivity index (χ1n) is 6.17. The number of H-pyrrole nitrogens is 1. The summed E-state index contributed by atoms with van der Waals surface area (Å²) in [5.74, 6) is 0. The van der Waals surface area contributed by atoms with Crippen molar-refractivity contribution in [1.29, 1.82) is 0 Å². The van der Waals surface area contributed by atoms with Gasteiger partial charge in [0.05, 0.1) is 12.3 Å². The van der Waals surface area contributed by atoms with Gasteiger partial charge in [-0.25, -0.2) is 0 Å². The summed E-state index contributed by atoms with van der Waals surface area (Å²) in [7, 11) is 0. The minimum atomic E-state index is -0.185. The van der Waals surface area contributed by atoms with E-state index in [2.05, 4.69) is 15.5 Å². The molecule has 2 rings (SSSR count). The number of aryl methyl sites for hydroxylation is 1. The Morgan fingerprint density at radius 1 is 1.44 bits per heavy atom. The molecule has 90 valence electrons. The summed E-state index contributed by atoms with van der Waals surface area (Å²) in [6.07, 6.45) is 7.31. The Hall–Kier alpha value is -0.870. The van der Waals surface area contributed by atoms with Gasteiger partial charge in [-0.2, -0.15) is 5.10 Å². The van der Waals surface area contributed by atoms with Gasteiger partial charge in [0.25, 0.3) is 0 Å². The van der Waals surface area contributed by atoms with Crippen LogP contribution in [0.2, 0.25) is 0 Å². The van der Waals surface area contributed by atoms with Crippen LogP contribution < -0.4 is 5.32 Å². The largest absolute Gasteiger partial charge is 0.392 e. The van der Waals surface area contributed by atoms with Crippen LogP contribution >= 0.6 is 0 Å². The average molecular weight is 223 g/mol. The van der Waals surface area contributed by atoms with Gasteiger partial charge in [0.2, 0.25) is 0 Å². The molecule has 0 aromatic carbocycles. The Balaban J connectivity index is 1.86. The zero-order valence-electron chi connectivity index (χ0n) is 9.87. The number of nitrogens with one attached hydrogen (secondary N) is 2. The quantitative estimate of drug-likeness (QED) is 0.681. The van der Waals surface area contributed by atoms with Crippen LogP contribution in [0.25, 0.3) is 0 Å². The predicted octanol–water partition coefficient (Wildman–Crippen LogP) is 1.50. The third-order valence-electron chi connectivity index (χ3n) is 3.47. The van der Waals surface area contributed by atoms with Gasteiger partial charge < -0.3 is 10.4 Å². The fraction of sp³-hybridized carbons (Fsp3) is 0.750. The van der Waals surface area contributed by atoms with Gasteiger partial charge in [-0.3, -0.25) is 5.10 Å². The molecule has 16 heavy (non-hydrogen) atoms. The molecule has 1 saturated carbocycles. The monoisotopic (exact) mass is 223 g/mol. The van der Waals surface area contributed by atoms with Crippen LogP contribution in [0.5, 0.6) is 0 Å². The van der Waals surface area contributed by atoms with Crippen LogP contribution in [0.1, 0.15) is 43.4 Å². The lowest BCUT2D eigenvalue weighted by Gasteiger charge is -2.21. The molecule has 0 saturated heterocycles. The fourth-order valence-corrected chi connectivity index (χ4v) is 2.32. The van der Waals surface area contributed by atoms with Gasteiger partial charge in [-0.1, -0.05) is 19.3 Å². The number of hydrogen-bond donors (Lipinski definition) is 3. The van der Waals surface area contributed by atoms with E-state index in [0.717, 1.165) is 31.5 Å². The second-order valence-electron chi connectivity index (χ2n) is 4.71. The van der Waals surface area contributed by atoms with Gasteiger partial charge >= 0.3 is 0 Å². The number of rotatable bonds is 3. The van der Waals surface area contributed by atoms with E-state index in [1.807, 2.05) is 13.1 Å². The summed E-state index contributed by atoms with van der Waals surface area (Å²) < 4.78 is 0. The molecule has 0 bridgehead atoms. The molecule has 4 heteroatoms. The van der Waals surface area contributed by atoms with Crippen molar-refractivity contribution in [1.82, 2.24) is 15.5 Å². The van der Waals surface area contributed by atoms with Gasteiger partial charge in [-0.05, 0) is 19.8 Å². The number of hydrogen-bond acceptors (Lipinski definition) is 3. The number of aliphatic hydroxyl groups excluding tert-OH is 1. The highest BCUT2D eigenvalue weighted by molar-refractivity contribution is 5.14. The van der Waals surface area contributed by atoms with E-state index in [1.165, 1.54) is 18.4 Å². The zero-order chi connectivity index (χ0) is 11.4. The molecule has 3 N–H and O–H groups in total. The maximum atomic E-state index is 9.96. The second-order valence-corrected chi connectivity index (χ2v) is 4.71. The van der Waals surface area contributed by atoms with Crippen molar-refractivity contribution in [3.05, 3.63) is 17.5 Å². The van der Waals surface area contributed by atoms with Crippen LogP contribution in [0.3, 0.4) is 0 Å². The van der Waals surface area contributed by atoms with E-state index in [0.29, 0.717) is 0 Å². The molecule has 0 radical (unpaired) electrons. The van der Waals surface area contributed by atoms with Crippen molar-refractivity contribution in [3.8, 4) is 0 Å². The molecule has 1 fully saturated rings. The molecule has 4 nitrogen and oxygen atoms in total. The minimum absolute atomic E-state index is 0.185. The normalized spacial score (nSPS) is 26.6. The molecule has 2 atom stereocenters. The summed E-state index contributed by atoms with van der Waals surface area (Å²) in [5.41, 5.74) is 2.30. The highest BCUT2D eigenvalue weighted by Crippen LogP contribution is 2.18. The van der Waals surface area contributed by atoms with Crippen LogP contribution in [0.15, 0.2) is 6.20 Å². The summed E-state index contributed by atoms with van der Waals surface area (Å²) in [4.78, 5) is 0. The van der Waals surface area contributed by atoms with Crippen molar-refractivity contribution in [2.75, 3.05) is 0 Å². The van der Waals surface area contributed by atoms with E-state index in [9.17, 15) is 5.11 Å². The standard InChI is InChI=1S/C12H21N3O/c1-9-10(8-14-15-9)7-13-11-5-3-2-4-6-12(11)16/h8,11-13,16H,2-7H2,1H3,(H,14,15). The average Bonchev–Trinajstić information content (AvgIpc) is 2.56. The molecule has 1 heterocycles. The smallest absolute Gasteiger partial charge is 0.0693 e. The molecule has 1 aliphatic rings. The van der Waals surface area contributed by atoms with E-state index in [1.54, 1.807) is 0 Å². The van der Waals surface area contributed by atoms with Gasteiger partial charge in [0.1, 0.15) is 0 Å². The summed E-state index contributed by atoms with van der Waals surface area (Å²) in [6.45, 7) is 2.82. The zero-order valence-corrected chi connectivity index (χ0v) is 9.87. The summed E-state index contributed by atoms with van der Waals surface area (Å²) in [6, 6.07) is 0.247. The van der Waals surface area contributed by atoms with Gasteiger partial charge in [-0.15, -0.1) is 0 Å². The molecular formula is C12H21N3O. The topological polar surface area (TPSA) is 60.9 Å². The number of nitrogens with zero attached hydrogens (tertiary/aromatic N) is 1. The van der Waals surface area contributed by atoms with Crippen LogP contribution in [-0.4, -0.2) is 27.4 Å². The Morgan fingerprint density at radius 2 is 2.25 bits per heavy atom.